The van der Waals surface area contributed by atoms with Crippen LogP contribution in [-0.4, -0.2) is 25.8 Å². The molecule has 0 bridgehead atoms. The van der Waals surface area contributed by atoms with Crippen molar-refractivity contribution in [1.82, 2.24) is 5.32 Å². The van der Waals surface area contributed by atoms with E-state index in [1.165, 1.54) is 11.1 Å². The van der Waals surface area contributed by atoms with Crippen molar-refractivity contribution in [2.24, 2.45) is 11.3 Å². The Morgan fingerprint density at radius 3 is 2.50 bits per heavy atom. The van der Waals surface area contributed by atoms with E-state index in [9.17, 15) is 13.2 Å². The lowest BCUT2D eigenvalue weighted by Gasteiger charge is -2.22. The third kappa shape index (κ3) is 3.05. The minimum atomic E-state index is -2.86. The zero-order chi connectivity index (χ0) is 15.8. The molecule has 1 saturated carbocycles. The van der Waals surface area contributed by atoms with E-state index in [1.807, 2.05) is 12.1 Å². The maximum absolute atomic E-state index is 12.4. The van der Waals surface area contributed by atoms with E-state index in [2.05, 4.69) is 24.4 Å². The highest BCUT2D eigenvalue weighted by molar-refractivity contribution is 7.91. The Kier molecular flexibility index (Phi) is 4.02. The summed E-state index contributed by atoms with van der Waals surface area (Å²) in [6.45, 7) is 2.67. The summed E-state index contributed by atoms with van der Waals surface area (Å²) in [6.07, 6.45) is 3.11. The molecule has 22 heavy (non-hydrogen) atoms. The Balaban J connectivity index is 1.56. The summed E-state index contributed by atoms with van der Waals surface area (Å²) in [4.78, 5) is 12.4. The number of rotatable bonds is 4. The Bertz CT molecular complexity index is 667. The largest absolute Gasteiger partial charge is 0.352 e. The molecule has 120 valence electrons. The quantitative estimate of drug-likeness (QED) is 0.923. The van der Waals surface area contributed by atoms with Gasteiger partial charge in [-0.15, -0.1) is 0 Å². The van der Waals surface area contributed by atoms with Crippen molar-refractivity contribution >= 4 is 15.7 Å². The molecule has 1 saturated heterocycles. The molecule has 1 N–H and O–H groups in total. The van der Waals surface area contributed by atoms with Gasteiger partial charge in [0.1, 0.15) is 9.84 Å². The van der Waals surface area contributed by atoms with Crippen molar-refractivity contribution in [2.75, 3.05) is 11.5 Å². The third-order valence-electron chi connectivity index (χ3n) is 5.28. The molecule has 1 heterocycles. The number of nitrogens with one attached hydrogen (secondary N) is 1. The van der Waals surface area contributed by atoms with Crippen LogP contribution in [0.2, 0.25) is 0 Å². The van der Waals surface area contributed by atoms with Crippen molar-refractivity contribution in [3.63, 3.8) is 0 Å². The summed E-state index contributed by atoms with van der Waals surface area (Å²) < 4.78 is 23.0. The molecule has 2 aliphatic rings. The van der Waals surface area contributed by atoms with E-state index in [0.29, 0.717) is 19.4 Å². The van der Waals surface area contributed by atoms with Crippen molar-refractivity contribution in [2.45, 2.75) is 39.2 Å². The number of carbonyl (C=O) groups is 1. The van der Waals surface area contributed by atoms with Gasteiger partial charge >= 0.3 is 0 Å². The van der Waals surface area contributed by atoms with Crippen LogP contribution in [0.3, 0.4) is 0 Å². The second-order valence-corrected chi connectivity index (χ2v) is 8.91. The first-order valence-corrected chi connectivity index (χ1v) is 9.83. The maximum Gasteiger partial charge on any atom is 0.223 e. The maximum atomic E-state index is 12.4. The van der Waals surface area contributed by atoms with Gasteiger partial charge in [0.2, 0.25) is 5.91 Å². The standard InChI is InChI=1S/C17H23NO3S/c1-2-13-5-3-4-6-14(13)12-18-16(19)15-11-17(15)7-9-22(20,21)10-8-17/h3-6,15H,2,7-12H2,1H3,(H,18,19)/t15-/m0/s1. The molecule has 4 nitrogen and oxygen atoms in total. The highest BCUT2D eigenvalue weighted by Gasteiger charge is 2.59. The average molecular weight is 321 g/mol. The molecule has 1 spiro atoms. The number of sulfone groups is 1. The summed E-state index contributed by atoms with van der Waals surface area (Å²) in [5, 5.41) is 3.04. The molecule has 1 aromatic rings. The molecule has 1 amide bonds. The Morgan fingerprint density at radius 1 is 1.23 bits per heavy atom. The van der Waals surface area contributed by atoms with Crippen LogP contribution >= 0.6 is 0 Å². The van der Waals surface area contributed by atoms with Crippen molar-refractivity contribution in [3.05, 3.63) is 35.4 Å². The monoisotopic (exact) mass is 321 g/mol. The molecule has 1 aromatic carbocycles. The molecular formula is C17H23NO3S. The fraction of sp³-hybridized carbons (Fsp3) is 0.588. The minimum Gasteiger partial charge on any atom is -0.352 e. The van der Waals surface area contributed by atoms with Crippen molar-refractivity contribution in [1.29, 1.82) is 0 Å². The predicted molar refractivity (Wildman–Crippen MR) is 86.1 cm³/mol. The Labute approximate surface area is 132 Å². The van der Waals surface area contributed by atoms with Gasteiger partial charge in [-0.2, -0.15) is 0 Å². The van der Waals surface area contributed by atoms with E-state index < -0.39 is 9.84 Å². The first-order valence-electron chi connectivity index (χ1n) is 8.01. The van der Waals surface area contributed by atoms with Gasteiger partial charge in [0.25, 0.3) is 0 Å². The van der Waals surface area contributed by atoms with Gasteiger partial charge in [-0.25, -0.2) is 8.42 Å². The van der Waals surface area contributed by atoms with Gasteiger partial charge in [-0.05, 0) is 42.2 Å². The molecule has 1 aliphatic carbocycles. The minimum absolute atomic E-state index is 0.0109. The molecule has 3 rings (SSSR count). The number of carbonyl (C=O) groups excluding carboxylic acids is 1. The highest BCUT2D eigenvalue weighted by atomic mass is 32.2. The molecule has 1 atom stereocenters. The first-order chi connectivity index (χ1) is 10.5. The van der Waals surface area contributed by atoms with E-state index in [4.69, 9.17) is 0 Å². The van der Waals surface area contributed by atoms with Crippen molar-refractivity contribution in [3.8, 4) is 0 Å². The van der Waals surface area contributed by atoms with Gasteiger partial charge < -0.3 is 5.32 Å². The molecule has 0 radical (unpaired) electrons. The Morgan fingerprint density at radius 2 is 1.86 bits per heavy atom. The van der Waals surface area contributed by atoms with Crippen LogP contribution in [0, 0.1) is 11.3 Å². The molecule has 1 aliphatic heterocycles. The molecule has 0 unspecified atom stereocenters. The van der Waals surface area contributed by atoms with Crippen molar-refractivity contribution < 1.29 is 13.2 Å². The highest BCUT2D eigenvalue weighted by Crippen LogP contribution is 2.59. The van der Waals surface area contributed by atoms with E-state index in [1.54, 1.807) is 0 Å². The third-order valence-corrected chi connectivity index (χ3v) is 6.93. The number of aryl methyl sites for hydroxylation is 1. The van der Waals surface area contributed by atoms with Crippen LogP contribution in [-0.2, 0) is 27.6 Å². The second-order valence-electron chi connectivity index (χ2n) is 6.61. The molecule has 2 fully saturated rings. The second kappa shape index (κ2) is 5.69. The normalized spacial score (nSPS) is 24.9. The fourth-order valence-corrected chi connectivity index (χ4v) is 5.24. The van der Waals surface area contributed by atoms with Crippen LogP contribution in [0.15, 0.2) is 24.3 Å². The van der Waals surface area contributed by atoms with Crippen LogP contribution in [0.25, 0.3) is 0 Å². The lowest BCUT2D eigenvalue weighted by molar-refractivity contribution is -0.123. The summed E-state index contributed by atoms with van der Waals surface area (Å²) in [5.74, 6) is 0.590. The molecule has 5 heteroatoms. The summed E-state index contributed by atoms with van der Waals surface area (Å²) >= 11 is 0. The number of benzene rings is 1. The van der Waals surface area contributed by atoms with Crippen LogP contribution in [0.1, 0.15) is 37.3 Å². The predicted octanol–water partition coefficient (Wildman–Crippen LogP) is 2.08. The van der Waals surface area contributed by atoms with Crippen LogP contribution in [0.4, 0.5) is 0 Å². The summed E-state index contributed by atoms with van der Waals surface area (Å²) in [7, 11) is -2.86. The van der Waals surface area contributed by atoms with Gasteiger partial charge in [-0.3, -0.25) is 4.79 Å². The van der Waals surface area contributed by atoms with Gasteiger partial charge in [0, 0.05) is 12.5 Å². The lowest BCUT2D eigenvalue weighted by atomic mass is 9.96. The fourth-order valence-electron chi connectivity index (χ4n) is 3.60. The summed E-state index contributed by atoms with van der Waals surface area (Å²) in [6, 6.07) is 8.15. The van der Waals surface area contributed by atoms with Crippen LogP contribution < -0.4 is 5.32 Å². The number of amides is 1. The zero-order valence-corrected chi connectivity index (χ0v) is 13.8. The van der Waals surface area contributed by atoms with Gasteiger partial charge in [0.05, 0.1) is 11.5 Å². The van der Waals surface area contributed by atoms with E-state index in [0.717, 1.165) is 12.8 Å². The van der Waals surface area contributed by atoms with E-state index in [-0.39, 0.29) is 28.7 Å². The summed E-state index contributed by atoms with van der Waals surface area (Å²) in [5.41, 5.74) is 2.40. The first kappa shape index (κ1) is 15.5. The van der Waals surface area contributed by atoms with Gasteiger partial charge in [-0.1, -0.05) is 31.2 Å². The zero-order valence-electron chi connectivity index (χ0n) is 13.0. The average Bonchev–Trinajstić information content (AvgIpc) is 3.23. The SMILES string of the molecule is CCc1ccccc1CNC(=O)[C@@H]1CC12CCS(=O)(=O)CC2. The lowest BCUT2D eigenvalue weighted by Crippen LogP contribution is -2.31. The Hall–Kier alpha value is -1.36. The molecular weight excluding hydrogens is 298 g/mol. The van der Waals surface area contributed by atoms with Gasteiger partial charge in [0.15, 0.2) is 0 Å². The topological polar surface area (TPSA) is 63.2 Å². The molecule has 0 aromatic heterocycles. The number of hydrogen-bond donors (Lipinski definition) is 1. The van der Waals surface area contributed by atoms with E-state index >= 15 is 0 Å². The number of hydrogen-bond acceptors (Lipinski definition) is 3. The van der Waals surface area contributed by atoms with Crippen LogP contribution in [0.5, 0.6) is 0 Å². The smallest absolute Gasteiger partial charge is 0.223 e.